The van der Waals surface area contributed by atoms with E-state index in [1.165, 1.54) is 0 Å². The van der Waals surface area contributed by atoms with Gasteiger partial charge in [-0.15, -0.1) is 0 Å². The van der Waals surface area contributed by atoms with E-state index in [-0.39, 0.29) is 0 Å². The lowest BCUT2D eigenvalue weighted by Crippen LogP contribution is -1.98. The number of halogens is 3. The van der Waals surface area contributed by atoms with Gasteiger partial charge in [-0.25, -0.2) is 0 Å². The van der Waals surface area contributed by atoms with Crippen LogP contribution in [0.5, 0.6) is 0 Å². The molecule has 0 bridgehead atoms. The fourth-order valence-corrected chi connectivity index (χ4v) is 2.39. The summed E-state index contributed by atoms with van der Waals surface area (Å²) in [5.74, 6) is 0. The molecule has 0 radical (unpaired) electrons. The lowest BCUT2D eigenvalue weighted by Gasteiger charge is -1.89. The first-order valence-electron chi connectivity index (χ1n) is 3.11. The van der Waals surface area contributed by atoms with Crippen LogP contribution >= 0.6 is 42.6 Å². The number of hydrogen-bond acceptors (Lipinski definition) is 1. The molecule has 0 aliphatic heterocycles. The van der Waals surface area contributed by atoms with Gasteiger partial charge in [0, 0.05) is 11.1 Å². The van der Waals surface area contributed by atoms with E-state index >= 15 is 0 Å². The Bertz CT molecular complexity index is 300. The minimum absolute atomic E-state index is 0.532. The van der Waals surface area contributed by atoms with Crippen LogP contribution < -0.4 is 5.30 Å². The summed E-state index contributed by atoms with van der Waals surface area (Å²) in [7, 11) is -1.75. The molecule has 0 aliphatic rings. The van der Waals surface area contributed by atoms with Crippen LogP contribution in [0.2, 0.25) is 5.02 Å². The molecular weight excluding hydrogens is 237 g/mol. The maximum atomic E-state index is 11.3. The third-order valence-electron chi connectivity index (χ3n) is 1.24. The topological polar surface area (TPSA) is 17.1 Å². The third-order valence-corrected chi connectivity index (χ3v) is 3.68. The van der Waals surface area contributed by atoms with Gasteiger partial charge in [0.25, 0.3) is 0 Å². The highest BCUT2D eigenvalue weighted by atomic mass is 35.5. The van der Waals surface area contributed by atoms with E-state index in [0.717, 1.165) is 0 Å². The lowest BCUT2D eigenvalue weighted by atomic mass is 10.4. The number of rotatable bonds is 2. The zero-order valence-electron chi connectivity index (χ0n) is 5.88. The zero-order chi connectivity index (χ0) is 9.14. The Labute approximate surface area is 86.4 Å². The summed E-state index contributed by atoms with van der Waals surface area (Å²) < 4.78 is 10.4. The molecule has 0 spiro atoms. The van der Waals surface area contributed by atoms with Crippen LogP contribution in [-0.4, -0.2) is 4.58 Å². The van der Waals surface area contributed by atoms with E-state index < -0.39 is 12.4 Å². The molecule has 1 aromatic rings. The first-order chi connectivity index (χ1) is 5.61. The van der Waals surface area contributed by atoms with E-state index in [2.05, 4.69) is 0 Å². The Kier molecular flexibility index (Phi) is 3.79. The van der Waals surface area contributed by atoms with Gasteiger partial charge < -0.3 is 0 Å². The van der Waals surface area contributed by atoms with Crippen molar-refractivity contribution >= 4 is 47.9 Å². The molecule has 1 unspecified atom stereocenters. The van der Waals surface area contributed by atoms with Crippen LogP contribution in [0.15, 0.2) is 24.3 Å². The van der Waals surface area contributed by atoms with E-state index in [1.807, 2.05) is 0 Å². The van der Waals surface area contributed by atoms with Gasteiger partial charge in [0.2, 0.25) is 0 Å². The van der Waals surface area contributed by atoms with E-state index in [9.17, 15) is 4.57 Å². The van der Waals surface area contributed by atoms with Crippen molar-refractivity contribution in [1.29, 1.82) is 0 Å². The van der Waals surface area contributed by atoms with Gasteiger partial charge in [-0.1, -0.05) is 22.2 Å². The Morgan fingerprint density at radius 1 is 1.33 bits per heavy atom. The van der Waals surface area contributed by atoms with Crippen molar-refractivity contribution in [1.82, 2.24) is 0 Å². The largest absolute Gasteiger partial charge is 0.412 e. The fourth-order valence-electron chi connectivity index (χ4n) is 0.726. The molecule has 1 nitrogen and oxygen atoms in total. The summed E-state index contributed by atoms with van der Waals surface area (Å²) in [4.78, 5) is 0. The predicted octanol–water partition coefficient (Wildman–Crippen LogP) is 3.55. The maximum Gasteiger partial charge on any atom is 0.412 e. The van der Waals surface area contributed by atoms with Crippen molar-refractivity contribution in [3.63, 3.8) is 0 Å². The van der Waals surface area contributed by atoms with Crippen molar-refractivity contribution in [3.05, 3.63) is 29.3 Å². The summed E-state index contributed by atoms with van der Waals surface area (Å²) in [6, 6.07) is 6.69. The predicted molar refractivity (Wildman–Crippen MR) is 54.2 cm³/mol. The van der Waals surface area contributed by atoms with Gasteiger partial charge in [0.15, 0.2) is 5.30 Å². The minimum Gasteiger partial charge on any atom is -0.0842 e. The SMILES string of the molecule is O=[P+](c1cccc(Cl)c1)C(Cl)Cl. The molecule has 1 rings (SSSR count). The zero-order valence-corrected chi connectivity index (χ0v) is 9.04. The molecule has 1 atom stereocenters. The highest BCUT2D eigenvalue weighted by molar-refractivity contribution is 7.58. The van der Waals surface area contributed by atoms with Crippen LogP contribution in [0.25, 0.3) is 0 Å². The van der Waals surface area contributed by atoms with Gasteiger partial charge in [-0.05, 0) is 35.3 Å². The molecule has 0 fully saturated rings. The van der Waals surface area contributed by atoms with Crippen LogP contribution in [0.4, 0.5) is 0 Å². The molecular formula is C7H5Cl3OP+. The summed E-state index contributed by atoms with van der Waals surface area (Å²) in [5, 5.41) is 1.11. The van der Waals surface area contributed by atoms with Gasteiger partial charge >= 0.3 is 12.4 Å². The molecule has 0 amide bonds. The highest BCUT2D eigenvalue weighted by Crippen LogP contribution is 2.33. The van der Waals surface area contributed by atoms with E-state index in [1.54, 1.807) is 24.3 Å². The van der Waals surface area contributed by atoms with Gasteiger partial charge in [0.05, 0.1) is 0 Å². The molecule has 64 valence electrons. The average Bonchev–Trinajstić information content (AvgIpc) is 2.03. The Hall–Kier alpha value is 0.190. The number of alkyl halides is 2. The van der Waals surface area contributed by atoms with Gasteiger partial charge in [0.1, 0.15) is 0 Å². The van der Waals surface area contributed by atoms with Crippen LogP contribution in [-0.2, 0) is 4.57 Å². The van der Waals surface area contributed by atoms with Crippen molar-refractivity contribution in [3.8, 4) is 0 Å². The molecule has 0 saturated carbocycles. The molecule has 0 aliphatic carbocycles. The molecule has 5 heteroatoms. The van der Waals surface area contributed by atoms with Crippen molar-refractivity contribution in [2.24, 2.45) is 0 Å². The van der Waals surface area contributed by atoms with Gasteiger partial charge in [-0.3, -0.25) is 0 Å². The standard InChI is InChI=1S/C7H5Cl3OP/c8-5-2-1-3-6(4-5)12(11)7(9)10/h1-4,7H/q+1. The lowest BCUT2D eigenvalue weighted by molar-refractivity contribution is 0.594. The van der Waals surface area contributed by atoms with Crippen LogP contribution in [0, 0.1) is 0 Å². The van der Waals surface area contributed by atoms with Crippen LogP contribution in [0.1, 0.15) is 0 Å². The van der Waals surface area contributed by atoms with E-state index in [4.69, 9.17) is 34.8 Å². The smallest absolute Gasteiger partial charge is 0.0842 e. The average molecular weight is 242 g/mol. The second kappa shape index (κ2) is 4.43. The monoisotopic (exact) mass is 241 g/mol. The minimum atomic E-state index is -1.75. The van der Waals surface area contributed by atoms with E-state index in [0.29, 0.717) is 10.3 Å². The molecule has 0 saturated heterocycles. The normalized spacial score (nSPS) is 11.8. The molecule has 0 N–H and O–H groups in total. The number of hydrogen-bond donors (Lipinski definition) is 0. The van der Waals surface area contributed by atoms with Crippen LogP contribution in [0.3, 0.4) is 0 Å². The first-order valence-corrected chi connectivity index (χ1v) is 5.69. The molecule has 1 aromatic carbocycles. The quantitative estimate of drug-likeness (QED) is 0.572. The third kappa shape index (κ3) is 2.60. The second-order valence-electron chi connectivity index (χ2n) is 2.08. The molecule has 0 aromatic heterocycles. The number of benzene rings is 1. The molecule has 12 heavy (non-hydrogen) atoms. The van der Waals surface area contributed by atoms with Crippen molar-refractivity contribution in [2.45, 2.75) is 4.58 Å². The highest BCUT2D eigenvalue weighted by Gasteiger charge is 2.28. The summed E-state index contributed by atoms with van der Waals surface area (Å²) in [6.07, 6.45) is 0. The Morgan fingerprint density at radius 2 is 2.00 bits per heavy atom. The first kappa shape index (κ1) is 10.3. The summed E-state index contributed by atoms with van der Waals surface area (Å²) >= 11 is 16.6. The summed E-state index contributed by atoms with van der Waals surface area (Å²) in [5.41, 5.74) is 0. The molecule has 0 heterocycles. The van der Waals surface area contributed by atoms with Crippen molar-refractivity contribution < 1.29 is 4.57 Å². The summed E-state index contributed by atoms with van der Waals surface area (Å²) in [6.45, 7) is 0. The Balaban J connectivity index is 2.96. The van der Waals surface area contributed by atoms with Gasteiger partial charge in [-0.2, -0.15) is 0 Å². The second-order valence-corrected chi connectivity index (χ2v) is 5.91. The fraction of sp³-hybridized carbons (Fsp3) is 0.143. The Morgan fingerprint density at radius 3 is 2.50 bits per heavy atom. The maximum absolute atomic E-state index is 11.3. The van der Waals surface area contributed by atoms with Crippen molar-refractivity contribution in [2.75, 3.05) is 0 Å².